The number of phosphoric ester groups is 1. The lowest BCUT2D eigenvalue weighted by Crippen LogP contribution is -2.47. The van der Waals surface area contributed by atoms with Gasteiger partial charge < -0.3 is 19.4 Å². The van der Waals surface area contributed by atoms with Crippen LogP contribution in [0.15, 0.2) is 36.5 Å². The highest BCUT2D eigenvalue weighted by atomic mass is 31.2. The zero-order valence-electron chi connectivity index (χ0n) is 50.6. The van der Waals surface area contributed by atoms with Gasteiger partial charge >= 0.3 is 13.8 Å². The standard InChI is InChI=1S/C65H125N2O7P/c1-7-10-13-16-19-22-25-27-29-30-31-32-33-34-35-36-38-40-43-46-49-52-55-58-65(69)74-63(56-53-50-47-44-41-24-21-18-15-12-9-3)62(61-73-75(70,71)72-60-59-67(4,5)6)66-64(68)57-54-51-48-45-42-39-37-28-26-23-20-17-14-11-8-2/h20,23,26,28,53,56,62-63H,7-19,21-22,24-25,27,29-52,54-55,57-61H2,1-6H3,(H-,66,68,70,71)/p+1/b23-20+,28-26+,56-53-. The number of phosphoric acid groups is 1. The molecule has 2 N–H and O–H groups in total. The molecule has 3 unspecified atom stereocenters. The lowest BCUT2D eigenvalue weighted by atomic mass is 10.0. The van der Waals surface area contributed by atoms with Crippen molar-refractivity contribution in [3.63, 3.8) is 0 Å². The summed E-state index contributed by atoms with van der Waals surface area (Å²) in [6.45, 7) is 7.01. The van der Waals surface area contributed by atoms with E-state index in [1.807, 2.05) is 33.3 Å². The molecule has 0 saturated carbocycles. The molecule has 0 rings (SSSR count). The number of rotatable bonds is 59. The predicted molar refractivity (Wildman–Crippen MR) is 323 cm³/mol. The van der Waals surface area contributed by atoms with Gasteiger partial charge in [0.05, 0.1) is 33.8 Å². The summed E-state index contributed by atoms with van der Waals surface area (Å²) in [6.07, 6.45) is 67.2. The highest BCUT2D eigenvalue weighted by molar-refractivity contribution is 7.47. The molecular weight excluding hydrogens is 952 g/mol. The van der Waals surface area contributed by atoms with Crippen molar-refractivity contribution in [3.05, 3.63) is 36.5 Å². The molecule has 0 fully saturated rings. The van der Waals surface area contributed by atoms with E-state index in [4.69, 9.17) is 13.8 Å². The maximum absolute atomic E-state index is 13.5. The molecule has 0 aromatic heterocycles. The quantitative estimate of drug-likeness (QED) is 0.0156. The van der Waals surface area contributed by atoms with Gasteiger partial charge in [-0.1, -0.05) is 282 Å². The number of hydrogen-bond donors (Lipinski definition) is 2. The molecule has 0 heterocycles. The molecule has 0 bridgehead atoms. The summed E-state index contributed by atoms with van der Waals surface area (Å²) in [6, 6.07) is -0.850. The fourth-order valence-electron chi connectivity index (χ4n) is 9.58. The van der Waals surface area contributed by atoms with Crippen molar-refractivity contribution in [2.45, 2.75) is 328 Å². The van der Waals surface area contributed by atoms with Crippen LogP contribution >= 0.6 is 7.82 Å². The van der Waals surface area contributed by atoms with Crippen molar-refractivity contribution in [2.24, 2.45) is 0 Å². The zero-order chi connectivity index (χ0) is 55.0. The molecule has 75 heavy (non-hydrogen) atoms. The fraction of sp³-hybridized carbons (Fsp3) is 0.877. The number of unbranched alkanes of at least 4 members (excludes halogenated alkanes) is 40. The van der Waals surface area contributed by atoms with Crippen molar-refractivity contribution < 1.29 is 37.3 Å². The lowest BCUT2D eigenvalue weighted by molar-refractivity contribution is -0.870. The Hall–Kier alpha value is -1.77. The molecule has 10 heteroatoms. The van der Waals surface area contributed by atoms with Crippen LogP contribution in [-0.4, -0.2) is 74.3 Å². The summed E-state index contributed by atoms with van der Waals surface area (Å²) >= 11 is 0. The van der Waals surface area contributed by atoms with Crippen molar-refractivity contribution in [1.29, 1.82) is 0 Å². The maximum atomic E-state index is 13.5. The van der Waals surface area contributed by atoms with E-state index >= 15 is 0 Å². The van der Waals surface area contributed by atoms with Gasteiger partial charge in [-0.15, -0.1) is 0 Å². The molecule has 0 aliphatic rings. The van der Waals surface area contributed by atoms with Gasteiger partial charge in [-0.25, -0.2) is 4.57 Å². The summed E-state index contributed by atoms with van der Waals surface area (Å²) in [4.78, 5) is 37.7. The average molecular weight is 1080 g/mol. The molecule has 0 aliphatic carbocycles. The van der Waals surface area contributed by atoms with Gasteiger partial charge in [-0.05, 0) is 57.4 Å². The summed E-state index contributed by atoms with van der Waals surface area (Å²) in [5.41, 5.74) is 0. The van der Waals surface area contributed by atoms with E-state index in [0.29, 0.717) is 23.9 Å². The number of likely N-dealkylation sites (N-methyl/N-ethyl adjacent to an activating group) is 1. The number of esters is 1. The van der Waals surface area contributed by atoms with Crippen LogP contribution in [0.4, 0.5) is 0 Å². The Labute approximate surface area is 466 Å². The second-order valence-electron chi connectivity index (χ2n) is 23.3. The van der Waals surface area contributed by atoms with Crippen LogP contribution < -0.4 is 5.32 Å². The summed E-state index contributed by atoms with van der Waals surface area (Å²) in [5.74, 6) is -0.505. The summed E-state index contributed by atoms with van der Waals surface area (Å²) < 4.78 is 30.7. The van der Waals surface area contributed by atoms with Crippen LogP contribution in [0.2, 0.25) is 0 Å². The maximum Gasteiger partial charge on any atom is 0.472 e. The van der Waals surface area contributed by atoms with E-state index in [1.165, 1.54) is 205 Å². The SMILES string of the molecule is CCCCC/C=C/C=C/CCCCCCCCC(=O)NC(COP(=O)(O)OCC[N+](C)(C)C)C(/C=C\CCCCCCCCCCC)OC(=O)CCCCCCCCCCCCCCCCCCCCCCCCC. The molecule has 1 amide bonds. The minimum absolute atomic E-state index is 0.0398. The van der Waals surface area contributed by atoms with Crippen LogP contribution in [0.5, 0.6) is 0 Å². The number of nitrogens with zero attached hydrogens (tertiary/aromatic N) is 1. The second kappa shape index (κ2) is 55.5. The predicted octanol–water partition coefficient (Wildman–Crippen LogP) is 19.9. The first-order valence-electron chi connectivity index (χ1n) is 32.3. The first-order valence-corrected chi connectivity index (χ1v) is 33.8. The fourth-order valence-corrected chi connectivity index (χ4v) is 10.3. The van der Waals surface area contributed by atoms with E-state index < -0.39 is 20.0 Å². The number of quaternary nitrogens is 1. The highest BCUT2D eigenvalue weighted by Crippen LogP contribution is 2.43. The van der Waals surface area contributed by atoms with Crippen LogP contribution in [0.3, 0.4) is 0 Å². The Morgan fingerprint density at radius 1 is 0.467 bits per heavy atom. The smallest absolute Gasteiger partial charge is 0.456 e. The number of ether oxygens (including phenoxy) is 1. The molecule has 0 aliphatic heterocycles. The van der Waals surface area contributed by atoms with Crippen LogP contribution in [0.1, 0.15) is 316 Å². The Morgan fingerprint density at radius 3 is 1.20 bits per heavy atom. The van der Waals surface area contributed by atoms with Crippen LogP contribution in [0.25, 0.3) is 0 Å². The number of nitrogens with one attached hydrogen (secondary N) is 1. The Balaban J connectivity index is 5.09. The first kappa shape index (κ1) is 73.2. The van der Waals surface area contributed by atoms with E-state index in [1.54, 1.807) is 0 Å². The summed E-state index contributed by atoms with van der Waals surface area (Å²) in [7, 11) is 1.50. The first-order chi connectivity index (χ1) is 36.4. The summed E-state index contributed by atoms with van der Waals surface area (Å²) in [5, 5.41) is 3.05. The molecule has 0 aromatic rings. The topological polar surface area (TPSA) is 111 Å². The van der Waals surface area contributed by atoms with E-state index in [-0.39, 0.29) is 25.1 Å². The molecule has 442 valence electrons. The Morgan fingerprint density at radius 2 is 0.800 bits per heavy atom. The van der Waals surface area contributed by atoms with Gasteiger partial charge in [0.15, 0.2) is 0 Å². The minimum atomic E-state index is -4.45. The van der Waals surface area contributed by atoms with Crippen LogP contribution in [0, 0.1) is 0 Å². The molecule has 0 spiro atoms. The van der Waals surface area contributed by atoms with Crippen molar-refractivity contribution >= 4 is 19.7 Å². The molecule has 9 nitrogen and oxygen atoms in total. The average Bonchev–Trinajstić information content (AvgIpc) is 3.37. The molecule has 3 atom stereocenters. The molecule has 0 aromatic carbocycles. The van der Waals surface area contributed by atoms with Crippen LogP contribution in [-0.2, 0) is 27.9 Å². The van der Waals surface area contributed by atoms with Crippen molar-refractivity contribution in [3.8, 4) is 0 Å². The van der Waals surface area contributed by atoms with Gasteiger partial charge in [0.25, 0.3) is 0 Å². The molecule has 0 radical (unpaired) electrons. The van der Waals surface area contributed by atoms with E-state index in [2.05, 4.69) is 50.4 Å². The third kappa shape index (κ3) is 56.8. The largest absolute Gasteiger partial charge is 0.472 e. The van der Waals surface area contributed by atoms with Crippen molar-refractivity contribution in [2.75, 3.05) is 40.9 Å². The number of amides is 1. The van der Waals surface area contributed by atoms with Gasteiger partial charge in [0.1, 0.15) is 19.3 Å². The lowest BCUT2D eigenvalue weighted by Gasteiger charge is -2.27. The van der Waals surface area contributed by atoms with E-state index in [0.717, 1.165) is 77.0 Å². The minimum Gasteiger partial charge on any atom is -0.456 e. The Kier molecular flexibility index (Phi) is 54.2. The third-order valence-corrected chi connectivity index (χ3v) is 15.6. The number of hydrogen-bond acceptors (Lipinski definition) is 6. The van der Waals surface area contributed by atoms with Gasteiger partial charge in [0.2, 0.25) is 5.91 Å². The normalized spacial score (nSPS) is 13.9. The second-order valence-corrected chi connectivity index (χ2v) is 24.8. The number of carbonyl (C=O) groups is 2. The highest BCUT2D eigenvalue weighted by Gasteiger charge is 2.30. The molecular formula is C65H126N2O7P+. The van der Waals surface area contributed by atoms with Gasteiger partial charge in [-0.3, -0.25) is 18.6 Å². The van der Waals surface area contributed by atoms with Gasteiger partial charge in [-0.2, -0.15) is 0 Å². The Bertz CT molecular complexity index is 1380. The van der Waals surface area contributed by atoms with E-state index in [9.17, 15) is 19.0 Å². The number of allylic oxidation sites excluding steroid dienone is 5. The molecule has 0 saturated heterocycles. The zero-order valence-corrected chi connectivity index (χ0v) is 51.5. The van der Waals surface area contributed by atoms with Crippen molar-refractivity contribution in [1.82, 2.24) is 5.32 Å². The monoisotopic (exact) mass is 1080 g/mol. The third-order valence-electron chi connectivity index (χ3n) is 14.6. The van der Waals surface area contributed by atoms with Gasteiger partial charge in [0, 0.05) is 12.8 Å². The number of carbonyl (C=O) groups excluding carboxylic acids is 2.